The van der Waals surface area contributed by atoms with E-state index in [2.05, 4.69) is 95.7 Å². The molecule has 0 spiro atoms. The fraction of sp³-hybridized carbons (Fsp3) is 0.0400. The van der Waals surface area contributed by atoms with Crippen LogP contribution in [0.2, 0.25) is 0 Å². The zero-order chi connectivity index (χ0) is 17.8. The highest BCUT2D eigenvalue weighted by molar-refractivity contribution is 6.19. The monoisotopic (exact) mass is 424 g/mol. The summed E-state index contributed by atoms with van der Waals surface area (Å²) >= 11 is 0. The second-order valence-corrected chi connectivity index (χ2v) is 7.09. The summed E-state index contributed by atoms with van der Waals surface area (Å²) in [4.78, 5) is 5.05. The Morgan fingerprint density at radius 1 is 0.679 bits per heavy atom. The van der Waals surface area contributed by atoms with Crippen LogP contribution < -0.4 is 21.5 Å². The average molecular weight is 425 g/mol. The van der Waals surface area contributed by atoms with Gasteiger partial charge in [-0.15, -0.1) is 0 Å². The average Bonchev–Trinajstić information content (AvgIpc) is 3.06. The molecule has 2 heterocycles. The van der Waals surface area contributed by atoms with Crippen LogP contribution in [0, 0.1) is 0 Å². The van der Waals surface area contributed by atoms with Gasteiger partial charge >= 0.3 is 0 Å². The topological polar surface area (TPSA) is 16.8 Å². The molecule has 0 atom stereocenters. The molecule has 0 radical (unpaired) electrons. The lowest BCUT2D eigenvalue weighted by atomic mass is 10.0. The molecule has 2 aromatic heterocycles. The van der Waals surface area contributed by atoms with E-state index in [1.807, 2.05) is 0 Å². The van der Waals surface area contributed by atoms with Crippen LogP contribution in [0.3, 0.4) is 0 Å². The van der Waals surface area contributed by atoms with Crippen LogP contribution in [-0.2, 0) is 6.54 Å². The Morgan fingerprint density at radius 2 is 1.39 bits per heavy atom. The molecule has 0 amide bonds. The Labute approximate surface area is 173 Å². The van der Waals surface area contributed by atoms with E-state index < -0.39 is 0 Å². The van der Waals surface area contributed by atoms with Crippen LogP contribution >= 0.6 is 0 Å². The number of hydrogen-bond acceptors (Lipinski definition) is 1. The van der Waals surface area contributed by atoms with Gasteiger partial charge in [0.2, 0.25) is 5.69 Å². The molecule has 3 heteroatoms. The van der Waals surface area contributed by atoms with E-state index in [0.717, 1.165) is 17.8 Å². The van der Waals surface area contributed by atoms with E-state index in [9.17, 15) is 0 Å². The maximum absolute atomic E-state index is 5.05. The van der Waals surface area contributed by atoms with Gasteiger partial charge in [-0.3, -0.25) is 0 Å². The molecule has 0 aliphatic heterocycles. The number of halogens is 1. The summed E-state index contributed by atoms with van der Waals surface area (Å²) in [5, 5.41) is 3.77. The lowest BCUT2D eigenvalue weighted by molar-refractivity contribution is -0.676. The molecule has 0 unspecified atom stereocenters. The molecule has 0 saturated heterocycles. The van der Waals surface area contributed by atoms with Gasteiger partial charge in [0.25, 0.3) is 0 Å². The number of pyridine rings is 2. The molecule has 2 nitrogen and oxygen atoms in total. The number of nitrogens with zero attached hydrogens (tertiary/aromatic N) is 2. The molecule has 5 aromatic rings. The minimum atomic E-state index is 0. The third-order valence-corrected chi connectivity index (χ3v) is 5.51. The summed E-state index contributed by atoms with van der Waals surface area (Å²) in [5.41, 5.74) is 7.26. The number of benzene rings is 3. The van der Waals surface area contributed by atoms with Crippen molar-refractivity contribution in [2.24, 2.45) is 0 Å². The first-order valence-corrected chi connectivity index (χ1v) is 9.29. The Hall–Kier alpha value is -3.04. The molecule has 3 aromatic carbocycles. The Morgan fingerprint density at radius 3 is 2.25 bits per heavy atom. The molecule has 1 aliphatic rings. The zero-order valence-corrected chi connectivity index (χ0v) is 16.7. The zero-order valence-electron chi connectivity index (χ0n) is 15.1. The van der Waals surface area contributed by atoms with Crippen LogP contribution in [0.4, 0.5) is 0 Å². The minimum Gasteiger partial charge on any atom is -1.00 e. The Bertz CT molecular complexity index is 1340. The Kier molecular flexibility index (Phi) is 3.99. The van der Waals surface area contributed by atoms with Gasteiger partial charge in [0.1, 0.15) is 0 Å². The molecule has 134 valence electrons. The number of rotatable bonds is 2. The van der Waals surface area contributed by atoms with Gasteiger partial charge < -0.3 is 17.0 Å². The van der Waals surface area contributed by atoms with Crippen molar-refractivity contribution < 1.29 is 21.5 Å². The number of fused-ring (bicyclic) bond motifs is 5. The van der Waals surface area contributed by atoms with E-state index in [-0.39, 0.29) is 17.0 Å². The number of para-hydroxylation sites is 1. The van der Waals surface area contributed by atoms with Crippen molar-refractivity contribution in [3.63, 3.8) is 0 Å². The van der Waals surface area contributed by atoms with Gasteiger partial charge in [-0.25, -0.2) is 4.98 Å². The van der Waals surface area contributed by atoms with Crippen molar-refractivity contribution in [3.8, 4) is 22.5 Å². The molecule has 0 N–H and O–H groups in total. The highest BCUT2D eigenvalue weighted by Gasteiger charge is 2.31. The SMILES string of the molecule is [Br-].c1ccc(C[n+]2ccc3c4c(nc5ccccc53)-c3ccccc3-c42)cc1. The van der Waals surface area contributed by atoms with E-state index in [1.54, 1.807) is 0 Å². The number of aromatic nitrogens is 2. The summed E-state index contributed by atoms with van der Waals surface area (Å²) in [7, 11) is 0. The van der Waals surface area contributed by atoms with Crippen LogP contribution in [0.1, 0.15) is 5.56 Å². The second kappa shape index (κ2) is 6.54. The first kappa shape index (κ1) is 17.1. The smallest absolute Gasteiger partial charge is 0.223 e. The molecule has 0 bridgehead atoms. The standard InChI is InChI=1S/C25H17N2.BrH/c1-2-8-17(9-3-1)16-27-15-14-19-18-10-6-7-13-22(18)26-24-20-11-4-5-12-21(20)25(27)23(19)24;/h1-15H,16H2;1H/q+1;/p-1. The maximum atomic E-state index is 5.05. The van der Waals surface area contributed by atoms with Crippen molar-refractivity contribution >= 4 is 21.7 Å². The van der Waals surface area contributed by atoms with Gasteiger partial charge in [-0.1, -0.05) is 66.7 Å². The molecule has 0 saturated carbocycles. The lowest BCUT2D eigenvalue weighted by Gasteiger charge is -2.07. The Balaban J connectivity index is 0.00000171. The van der Waals surface area contributed by atoms with Gasteiger partial charge in [0.15, 0.2) is 12.7 Å². The number of hydrogen-bond donors (Lipinski definition) is 0. The van der Waals surface area contributed by atoms with Crippen molar-refractivity contribution in [1.82, 2.24) is 4.98 Å². The van der Waals surface area contributed by atoms with Gasteiger partial charge in [-0.2, -0.15) is 4.57 Å². The first-order chi connectivity index (χ1) is 13.4. The predicted octanol–water partition coefficient (Wildman–Crippen LogP) is 2.38. The fourth-order valence-electron chi connectivity index (χ4n) is 4.33. The van der Waals surface area contributed by atoms with Crippen molar-refractivity contribution in [2.45, 2.75) is 6.54 Å². The van der Waals surface area contributed by atoms with Crippen LogP contribution in [-0.4, -0.2) is 4.98 Å². The van der Waals surface area contributed by atoms with E-state index in [1.165, 1.54) is 38.5 Å². The largest absolute Gasteiger partial charge is 1.00 e. The minimum absolute atomic E-state index is 0. The van der Waals surface area contributed by atoms with Crippen molar-refractivity contribution in [1.29, 1.82) is 0 Å². The summed E-state index contributed by atoms with van der Waals surface area (Å²) in [6, 6.07) is 30.0. The van der Waals surface area contributed by atoms with Crippen LogP contribution in [0.15, 0.2) is 91.1 Å². The van der Waals surface area contributed by atoms with Gasteiger partial charge in [0.05, 0.1) is 22.2 Å². The first-order valence-electron chi connectivity index (χ1n) is 9.29. The molecule has 1 aliphatic carbocycles. The highest BCUT2D eigenvalue weighted by Crippen LogP contribution is 2.45. The lowest BCUT2D eigenvalue weighted by Crippen LogP contribution is -3.00. The van der Waals surface area contributed by atoms with Gasteiger partial charge in [0, 0.05) is 28.0 Å². The van der Waals surface area contributed by atoms with Crippen molar-refractivity contribution in [3.05, 3.63) is 96.7 Å². The van der Waals surface area contributed by atoms with Gasteiger partial charge in [-0.05, 0) is 12.1 Å². The summed E-state index contributed by atoms with van der Waals surface area (Å²) in [5.74, 6) is 0. The maximum Gasteiger partial charge on any atom is 0.223 e. The molecular formula is C25H17BrN2. The molecular weight excluding hydrogens is 408 g/mol. The molecule has 6 rings (SSSR count). The molecule has 0 fully saturated rings. The predicted molar refractivity (Wildman–Crippen MR) is 109 cm³/mol. The van der Waals surface area contributed by atoms with E-state index in [0.29, 0.717) is 0 Å². The summed E-state index contributed by atoms with van der Waals surface area (Å²) in [6.45, 7) is 0.854. The normalized spacial score (nSPS) is 11.4. The highest BCUT2D eigenvalue weighted by atomic mass is 79.9. The summed E-state index contributed by atoms with van der Waals surface area (Å²) in [6.07, 6.45) is 2.23. The summed E-state index contributed by atoms with van der Waals surface area (Å²) < 4.78 is 2.36. The fourth-order valence-corrected chi connectivity index (χ4v) is 4.33. The quantitative estimate of drug-likeness (QED) is 0.308. The third-order valence-electron chi connectivity index (χ3n) is 5.51. The van der Waals surface area contributed by atoms with Crippen LogP contribution in [0.5, 0.6) is 0 Å². The third kappa shape index (κ3) is 2.40. The molecule has 28 heavy (non-hydrogen) atoms. The van der Waals surface area contributed by atoms with E-state index >= 15 is 0 Å². The second-order valence-electron chi connectivity index (χ2n) is 7.09. The van der Waals surface area contributed by atoms with Crippen molar-refractivity contribution in [2.75, 3.05) is 0 Å². The van der Waals surface area contributed by atoms with Crippen LogP contribution in [0.25, 0.3) is 44.2 Å². The van der Waals surface area contributed by atoms with E-state index in [4.69, 9.17) is 4.98 Å².